The molecule has 2 rings (SSSR count). The highest BCUT2D eigenvalue weighted by atomic mass is 16.5. The minimum atomic E-state index is -0.905. The zero-order valence-electron chi connectivity index (χ0n) is 16.2. The summed E-state index contributed by atoms with van der Waals surface area (Å²) in [7, 11) is 0. The van der Waals surface area contributed by atoms with E-state index in [1.54, 1.807) is 24.3 Å². The van der Waals surface area contributed by atoms with Crippen molar-refractivity contribution in [2.75, 3.05) is 11.9 Å². The third-order valence-corrected chi connectivity index (χ3v) is 3.95. The van der Waals surface area contributed by atoms with Crippen molar-refractivity contribution >= 4 is 23.6 Å². The number of amides is 1. The molecule has 0 spiro atoms. The van der Waals surface area contributed by atoms with Gasteiger partial charge in [0.15, 0.2) is 6.10 Å². The van der Waals surface area contributed by atoms with Crippen LogP contribution in [0, 0.1) is 0 Å². The van der Waals surface area contributed by atoms with Crippen LogP contribution in [0.5, 0.6) is 5.75 Å². The van der Waals surface area contributed by atoms with E-state index in [-0.39, 0.29) is 5.91 Å². The van der Waals surface area contributed by atoms with Crippen molar-refractivity contribution in [2.24, 2.45) is 0 Å². The predicted octanol–water partition coefficient (Wildman–Crippen LogP) is 4.40. The van der Waals surface area contributed by atoms with Crippen molar-refractivity contribution in [1.82, 2.24) is 0 Å². The topological polar surface area (TPSA) is 64.6 Å². The second-order valence-electron chi connectivity index (χ2n) is 6.12. The summed E-state index contributed by atoms with van der Waals surface area (Å²) in [5.74, 6) is -0.248. The van der Waals surface area contributed by atoms with Crippen LogP contribution in [0.2, 0.25) is 0 Å². The third-order valence-electron chi connectivity index (χ3n) is 3.95. The van der Waals surface area contributed by atoms with Crippen LogP contribution in [0.1, 0.15) is 25.0 Å². The Kier molecular flexibility index (Phi) is 8.03. The number of ether oxygens (including phenoxy) is 2. The van der Waals surface area contributed by atoms with Crippen molar-refractivity contribution in [3.05, 3.63) is 78.4 Å². The van der Waals surface area contributed by atoms with Crippen LogP contribution >= 0.6 is 0 Å². The van der Waals surface area contributed by atoms with Gasteiger partial charge < -0.3 is 14.8 Å². The third kappa shape index (κ3) is 6.76. The number of hydrogen-bond acceptors (Lipinski definition) is 4. The van der Waals surface area contributed by atoms with Gasteiger partial charge in [0, 0.05) is 11.8 Å². The average molecular weight is 379 g/mol. The predicted molar refractivity (Wildman–Crippen MR) is 111 cm³/mol. The standard InChI is InChI=1S/C23H25NO4/c1-4-16-27-21-13-8-19(9-14-21)10-15-22(25)28-17(3)23(26)24-20-11-6-18(5-2)7-12-20/h4,6-15,17H,1,5,16H2,2-3H3,(H,24,26)/b15-10+/t17-/m1/s1. The lowest BCUT2D eigenvalue weighted by Crippen LogP contribution is -2.29. The number of carbonyl (C=O) groups excluding carboxylic acids is 2. The van der Waals surface area contributed by atoms with E-state index >= 15 is 0 Å². The fraction of sp³-hybridized carbons (Fsp3) is 0.217. The van der Waals surface area contributed by atoms with Crippen molar-refractivity contribution in [2.45, 2.75) is 26.4 Å². The summed E-state index contributed by atoms with van der Waals surface area (Å²) in [4.78, 5) is 24.1. The van der Waals surface area contributed by atoms with E-state index in [1.165, 1.54) is 18.6 Å². The van der Waals surface area contributed by atoms with E-state index in [1.807, 2.05) is 36.4 Å². The summed E-state index contributed by atoms with van der Waals surface area (Å²) >= 11 is 0. The molecule has 1 amide bonds. The number of anilines is 1. The molecule has 0 saturated heterocycles. The van der Waals surface area contributed by atoms with Gasteiger partial charge in [-0.1, -0.05) is 43.8 Å². The van der Waals surface area contributed by atoms with Gasteiger partial charge in [-0.05, 0) is 54.8 Å². The molecular weight excluding hydrogens is 354 g/mol. The molecule has 5 nitrogen and oxygen atoms in total. The second-order valence-corrected chi connectivity index (χ2v) is 6.12. The molecule has 0 saturated carbocycles. The first-order valence-corrected chi connectivity index (χ1v) is 9.14. The summed E-state index contributed by atoms with van der Waals surface area (Å²) in [5.41, 5.74) is 2.67. The first-order chi connectivity index (χ1) is 13.5. The molecular formula is C23H25NO4. The maximum absolute atomic E-state index is 12.2. The molecule has 0 radical (unpaired) electrons. The summed E-state index contributed by atoms with van der Waals surface area (Å²) in [5, 5.41) is 2.73. The van der Waals surface area contributed by atoms with Crippen LogP contribution in [0.25, 0.3) is 6.08 Å². The van der Waals surface area contributed by atoms with Crippen LogP contribution < -0.4 is 10.1 Å². The highest BCUT2D eigenvalue weighted by molar-refractivity contribution is 5.96. The Hall–Kier alpha value is -3.34. The normalized spacial score (nSPS) is 11.6. The fourth-order valence-corrected chi connectivity index (χ4v) is 2.33. The lowest BCUT2D eigenvalue weighted by Gasteiger charge is -2.12. The number of rotatable bonds is 9. The molecule has 0 heterocycles. The average Bonchev–Trinajstić information content (AvgIpc) is 2.72. The number of hydrogen-bond donors (Lipinski definition) is 1. The van der Waals surface area contributed by atoms with E-state index in [0.29, 0.717) is 12.3 Å². The molecule has 0 bridgehead atoms. The maximum Gasteiger partial charge on any atom is 0.331 e. The van der Waals surface area contributed by atoms with Gasteiger partial charge in [-0.15, -0.1) is 0 Å². The molecule has 2 aromatic carbocycles. The Morgan fingerprint density at radius 1 is 1.11 bits per heavy atom. The van der Waals surface area contributed by atoms with Gasteiger partial charge in [-0.2, -0.15) is 0 Å². The van der Waals surface area contributed by atoms with Crippen molar-refractivity contribution < 1.29 is 19.1 Å². The lowest BCUT2D eigenvalue weighted by molar-refractivity contribution is -0.148. The quantitative estimate of drug-likeness (QED) is 0.398. The van der Waals surface area contributed by atoms with Crippen molar-refractivity contribution in [1.29, 1.82) is 0 Å². The summed E-state index contributed by atoms with van der Waals surface area (Å²) in [6, 6.07) is 14.8. The van der Waals surface area contributed by atoms with Gasteiger partial charge in [-0.25, -0.2) is 4.79 Å². The van der Waals surface area contributed by atoms with Gasteiger partial charge in [0.25, 0.3) is 5.91 Å². The van der Waals surface area contributed by atoms with Crippen LogP contribution in [0.3, 0.4) is 0 Å². The Morgan fingerprint density at radius 3 is 2.39 bits per heavy atom. The zero-order valence-corrected chi connectivity index (χ0v) is 16.2. The highest BCUT2D eigenvalue weighted by Gasteiger charge is 2.16. The van der Waals surface area contributed by atoms with E-state index in [0.717, 1.165) is 17.7 Å². The SMILES string of the molecule is C=CCOc1ccc(/C=C/C(=O)O[C@H](C)C(=O)Nc2ccc(CC)cc2)cc1. The maximum atomic E-state index is 12.2. The first-order valence-electron chi connectivity index (χ1n) is 9.14. The molecule has 1 N–H and O–H groups in total. The molecule has 0 unspecified atom stereocenters. The molecule has 0 aliphatic rings. The van der Waals surface area contributed by atoms with E-state index < -0.39 is 12.1 Å². The minimum Gasteiger partial charge on any atom is -0.490 e. The van der Waals surface area contributed by atoms with Crippen molar-refractivity contribution in [3.63, 3.8) is 0 Å². The zero-order chi connectivity index (χ0) is 20.4. The van der Waals surface area contributed by atoms with Gasteiger partial charge in [0.1, 0.15) is 12.4 Å². The number of benzene rings is 2. The van der Waals surface area contributed by atoms with Crippen LogP contribution in [0.4, 0.5) is 5.69 Å². The number of carbonyl (C=O) groups is 2. The minimum absolute atomic E-state index is 0.380. The van der Waals surface area contributed by atoms with Gasteiger partial charge >= 0.3 is 5.97 Å². The van der Waals surface area contributed by atoms with Crippen LogP contribution in [-0.2, 0) is 20.7 Å². The summed E-state index contributed by atoms with van der Waals surface area (Å²) in [6.07, 6.45) is 4.60. The van der Waals surface area contributed by atoms with E-state index in [4.69, 9.17) is 9.47 Å². The smallest absolute Gasteiger partial charge is 0.331 e. The molecule has 1 atom stereocenters. The number of esters is 1. The molecule has 146 valence electrons. The van der Waals surface area contributed by atoms with Gasteiger partial charge in [-0.3, -0.25) is 4.79 Å². The Labute approximate surface area is 165 Å². The molecule has 0 fully saturated rings. The van der Waals surface area contributed by atoms with E-state index in [9.17, 15) is 9.59 Å². The largest absolute Gasteiger partial charge is 0.490 e. The molecule has 5 heteroatoms. The lowest BCUT2D eigenvalue weighted by atomic mass is 10.1. The monoisotopic (exact) mass is 379 g/mol. The van der Waals surface area contributed by atoms with Crippen LogP contribution in [0.15, 0.2) is 67.3 Å². The first kappa shape index (κ1) is 21.0. The summed E-state index contributed by atoms with van der Waals surface area (Å²) in [6.45, 7) is 7.63. The Bertz CT molecular complexity index is 823. The molecule has 0 aliphatic carbocycles. The van der Waals surface area contributed by atoms with Gasteiger partial charge in [0.2, 0.25) is 0 Å². The van der Waals surface area contributed by atoms with Gasteiger partial charge in [0.05, 0.1) is 0 Å². The number of nitrogens with one attached hydrogen (secondary N) is 1. The summed E-state index contributed by atoms with van der Waals surface area (Å²) < 4.78 is 10.6. The van der Waals surface area contributed by atoms with Crippen LogP contribution in [-0.4, -0.2) is 24.6 Å². The molecule has 2 aromatic rings. The fourth-order valence-electron chi connectivity index (χ4n) is 2.33. The number of aryl methyl sites for hydroxylation is 1. The molecule has 0 aromatic heterocycles. The highest BCUT2D eigenvalue weighted by Crippen LogP contribution is 2.14. The second kappa shape index (κ2) is 10.7. The molecule has 28 heavy (non-hydrogen) atoms. The molecule has 0 aliphatic heterocycles. The van der Waals surface area contributed by atoms with Crippen molar-refractivity contribution in [3.8, 4) is 5.75 Å². The van der Waals surface area contributed by atoms with E-state index in [2.05, 4.69) is 18.8 Å². The Morgan fingerprint density at radius 2 is 1.79 bits per heavy atom. The Balaban J connectivity index is 1.84.